The highest BCUT2D eigenvalue weighted by molar-refractivity contribution is 14.1. The SMILES string of the molecule is CCCCCCCCCCCCCCCCCCc1cccc(I)c1I. The quantitative estimate of drug-likeness (QED) is 0.127. The minimum atomic E-state index is 1.26. The summed E-state index contributed by atoms with van der Waals surface area (Å²) in [5.41, 5.74) is 1.54. The molecule has 0 atom stereocenters. The molecule has 150 valence electrons. The van der Waals surface area contributed by atoms with Gasteiger partial charge in [0.05, 0.1) is 0 Å². The van der Waals surface area contributed by atoms with Crippen molar-refractivity contribution in [3.63, 3.8) is 0 Å². The molecule has 0 amide bonds. The van der Waals surface area contributed by atoms with E-state index in [1.54, 1.807) is 5.56 Å². The van der Waals surface area contributed by atoms with Crippen LogP contribution in [0.3, 0.4) is 0 Å². The average Bonchev–Trinajstić information content (AvgIpc) is 2.64. The molecule has 0 saturated heterocycles. The third-order valence-electron chi connectivity index (χ3n) is 5.33. The first-order valence-corrected chi connectivity index (χ1v) is 13.3. The van der Waals surface area contributed by atoms with E-state index in [0.717, 1.165) is 0 Å². The van der Waals surface area contributed by atoms with Gasteiger partial charge in [-0.25, -0.2) is 0 Å². The molecule has 26 heavy (non-hydrogen) atoms. The lowest BCUT2D eigenvalue weighted by Gasteiger charge is -2.06. The van der Waals surface area contributed by atoms with Gasteiger partial charge in [-0.1, -0.05) is 115 Å². The van der Waals surface area contributed by atoms with E-state index in [2.05, 4.69) is 70.3 Å². The zero-order valence-electron chi connectivity index (χ0n) is 17.0. The molecule has 1 aromatic carbocycles. The van der Waals surface area contributed by atoms with Gasteiger partial charge in [0.25, 0.3) is 0 Å². The molecule has 0 bridgehead atoms. The van der Waals surface area contributed by atoms with Gasteiger partial charge in [-0.05, 0) is 69.7 Å². The van der Waals surface area contributed by atoms with Gasteiger partial charge in [0.1, 0.15) is 0 Å². The maximum Gasteiger partial charge on any atom is 0.0295 e. The largest absolute Gasteiger partial charge is 0.0654 e. The van der Waals surface area contributed by atoms with Crippen molar-refractivity contribution in [1.82, 2.24) is 0 Å². The molecule has 0 aliphatic heterocycles. The van der Waals surface area contributed by atoms with Crippen LogP contribution in [0.15, 0.2) is 18.2 Å². The van der Waals surface area contributed by atoms with Crippen LogP contribution in [0.1, 0.15) is 115 Å². The minimum Gasteiger partial charge on any atom is -0.0654 e. The molecule has 0 nitrogen and oxygen atoms in total. The second-order valence-electron chi connectivity index (χ2n) is 7.77. The fourth-order valence-electron chi connectivity index (χ4n) is 3.61. The van der Waals surface area contributed by atoms with Gasteiger partial charge in [-0.3, -0.25) is 0 Å². The number of unbranched alkanes of at least 4 members (excludes halogenated alkanes) is 15. The van der Waals surface area contributed by atoms with Crippen LogP contribution >= 0.6 is 45.2 Å². The summed E-state index contributed by atoms with van der Waals surface area (Å²) in [6.07, 6.45) is 24.4. The number of aryl methyl sites for hydroxylation is 1. The summed E-state index contributed by atoms with van der Waals surface area (Å²) < 4.78 is 2.86. The van der Waals surface area contributed by atoms with Crippen molar-refractivity contribution < 1.29 is 0 Å². The first-order valence-electron chi connectivity index (χ1n) is 11.2. The van der Waals surface area contributed by atoms with E-state index < -0.39 is 0 Å². The Morgan fingerprint density at radius 1 is 0.577 bits per heavy atom. The number of rotatable bonds is 17. The van der Waals surface area contributed by atoms with Gasteiger partial charge in [-0.15, -0.1) is 0 Å². The molecule has 0 unspecified atom stereocenters. The lowest BCUT2D eigenvalue weighted by molar-refractivity contribution is 0.529. The molecular formula is C24H40I2. The predicted molar refractivity (Wildman–Crippen MR) is 135 cm³/mol. The van der Waals surface area contributed by atoms with Crippen LogP contribution in [-0.4, -0.2) is 0 Å². The standard InChI is InChI=1S/C24H40I2/c1-2-3-4-5-6-7-8-9-10-11-12-13-14-15-16-17-19-22-20-18-21-23(25)24(22)26/h18,20-21H,2-17,19H2,1H3. The van der Waals surface area contributed by atoms with Gasteiger partial charge in [0, 0.05) is 7.14 Å². The van der Waals surface area contributed by atoms with Crippen molar-refractivity contribution in [3.8, 4) is 0 Å². The zero-order valence-corrected chi connectivity index (χ0v) is 21.3. The van der Waals surface area contributed by atoms with Gasteiger partial charge in [0.2, 0.25) is 0 Å². The molecule has 0 spiro atoms. The van der Waals surface area contributed by atoms with Crippen LogP contribution in [0, 0.1) is 7.14 Å². The Balaban J connectivity index is 1.80. The summed E-state index contributed by atoms with van der Waals surface area (Å²) in [6, 6.07) is 6.71. The Kier molecular flexibility index (Phi) is 16.9. The van der Waals surface area contributed by atoms with E-state index in [0.29, 0.717) is 0 Å². The summed E-state index contributed by atoms with van der Waals surface area (Å²) >= 11 is 4.95. The Morgan fingerprint density at radius 2 is 1.00 bits per heavy atom. The van der Waals surface area contributed by atoms with E-state index in [-0.39, 0.29) is 0 Å². The third kappa shape index (κ3) is 13.0. The molecule has 0 saturated carbocycles. The number of halogens is 2. The molecule has 2 heteroatoms. The van der Waals surface area contributed by atoms with E-state index in [4.69, 9.17) is 0 Å². The summed E-state index contributed by atoms with van der Waals surface area (Å²) in [5.74, 6) is 0. The average molecular weight is 582 g/mol. The highest BCUT2D eigenvalue weighted by Gasteiger charge is 2.02. The second-order valence-corrected chi connectivity index (χ2v) is 10.0. The van der Waals surface area contributed by atoms with Crippen molar-refractivity contribution in [2.75, 3.05) is 0 Å². The lowest BCUT2D eigenvalue weighted by atomic mass is 10.0. The molecule has 0 aliphatic rings. The van der Waals surface area contributed by atoms with E-state index >= 15 is 0 Å². The van der Waals surface area contributed by atoms with E-state index in [1.807, 2.05) is 0 Å². The maximum absolute atomic E-state index is 2.50. The smallest absolute Gasteiger partial charge is 0.0295 e. The molecule has 1 rings (SSSR count). The van der Waals surface area contributed by atoms with Crippen molar-refractivity contribution in [2.24, 2.45) is 0 Å². The lowest BCUT2D eigenvalue weighted by Crippen LogP contribution is -1.92. The van der Waals surface area contributed by atoms with Crippen LogP contribution in [0.2, 0.25) is 0 Å². The molecule has 1 aromatic rings. The third-order valence-corrected chi connectivity index (χ3v) is 8.54. The number of hydrogen-bond donors (Lipinski definition) is 0. The van der Waals surface area contributed by atoms with Gasteiger partial charge >= 0.3 is 0 Å². The van der Waals surface area contributed by atoms with Gasteiger partial charge < -0.3 is 0 Å². The molecule has 0 aromatic heterocycles. The van der Waals surface area contributed by atoms with Crippen molar-refractivity contribution in [2.45, 2.75) is 116 Å². The van der Waals surface area contributed by atoms with Crippen LogP contribution in [-0.2, 0) is 6.42 Å². The zero-order chi connectivity index (χ0) is 18.9. The summed E-state index contributed by atoms with van der Waals surface area (Å²) in [7, 11) is 0. The van der Waals surface area contributed by atoms with Gasteiger partial charge in [0.15, 0.2) is 0 Å². The topological polar surface area (TPSA) is 0 Å². The Hall–Kier alpha value is 0.680. The van der Waals surface area contributed by atoms with Crippen LogP contribution in [0.4, 0.5) is 0 Å². The highest BCUT2D eigenvalue weighted by atomic mass is 127. The summed E-state index contributed by atoms with van der Waals surface area (Å²) in [4.78, 5) is 0. The normalized spacial score (nSPS) is 11.2. The predicted octanol–water partition coefficient (Wildman–Crippen LogP) is 9.70. The molecule has 0 heterocycles. The highest BCUT2D eigenvalue weighted by Crippen LogP contribution is 2.21. The minimum absolute atomic E-state index is 1.26. The van der Waals surface area contributed by atoms with E-state index in [9.17, 15) is 0 Å². The Morgan fingerprint density at radius 3 is 1.46 bits per heavy atom. The molecule has 0 N–H and O–H groups in total. The van der Waals surface area contributed by atoms with Crippen molar-refractivity contribution in [1.29, 1.82) is 0 Å². The summed E-state index contributed by atoms with van der Waals surface area (Å²) in [6.45, 7) is 2.30. The second kappa shape index (κ2) is 17.8. The number of benzene rings is 1. The van der Waals surface area contributed by atoms with Crippen LogP contribution in [0.25, 0.3) is 0 Å². The summed E-state index contributed by atoms with van der Waals surface area (Å²) in [5, 5.41) is 0. The molecule has 0 radical (unpaired) electrons. The van der Waals surface area contributed by atoms with Gasteiger partial charge in [-0.2, -0.15) is 0 Å². The molecule has 0 aliphatic carbocycles. The fourth-order valence-corrected chi connectivity index (χ4v) is 4.79. The van der Waals surface area contributed by atoms with Crippen molar-refractivity contribution >= 4 is 45.2 Å². The van der Waals surface area contributed by atoms with Crippen molar-refractivity contribution in [3.05, 3.63) is 30.9 Å². The van der Waals surface area contributed by atoms with Crippen LogP contribution in [0.5, 0.6) is 0 Å². The number of hydrogen-bond acceptors (Lipinski definition) is 0. The Labute approximate surface area is 191 Å². The first kappa shape index (κ1) is 24.7. The van der Waals surface area contributed by atoms with Crippen LogP contribution < -0.4 is 0 Å². The van der Waals surface area contributed by atoms with E-state index in [1.165, 1.54) is 116 Å². The first-order chi connectivity index (χ1) is 12.8. The Bertz CT molecular complexity index is 442. The fraction of sp³-hybridized carbons (Fsp3) is 0.750. The molecular weight excluding hydrogens is 542 g/mol. The monoisotopic (exact) mass is 582 g/mol. The molecule has 0 fully saturated rings. The maximum atomic E-state index is 2.50.